The number of allylic oxidation sites excluding steroid dienone is 7. The van der Waals surface area contributed by atoms with E-state index in [2.05, 4.69) is 55.6 Å². The second-order valence-corrected chi connectivity index (χ2v) is 22.1. The number of nitrogens with one attached hydrogen (secondary N) is 1. The maximum absolute atomic E-state index is 13.0. The van der Waals surface area contributed by atoms with Gasteiger partial charge < -0.3 is 19.8 Å². The molecule has 8 nitrogen and oxygen atoms in total. The van der Waals surface area contributed by atoms with Crippen molar-refractivity contribution in [2.75, 3.05) is 40.9 Å². The number of aliphatic hydroxyl groups is 1. The molecule has 1 amide bonds. The molecule has 67 heavy (non-hydrogen) atoms. The summed E-state index contributed by atoms with van der Waals surface area (Å²) in [5.74, 6) is -0.193. The largest absolute Gasteiger partial charge is 0.472 e. The first-order chi connectivity index (χ1) is 32.5. The highest BCUT2D eigenvalue weighted by Gasteiger charge is 2.27. The Kier molecular flexibility index (Phi) is 48.3. The molecule has 9 heteroatoms. The average Bonchev–Trinajstić information content (AvgIpc) is 3.29. The maximum atomic E-state index is 13.0. The van der Waals surface area contributed by atoms with Gasteiger partial charge in [0, 0.05) is 6.42 Å². The molecule has 0 rings (SSSR count). The number of likely N-dealkylation sites (N-methyl/N-ethyl adjacent to an activating group) is 1. The first kappa shape index (κ1) is 65.5. The van der Waals surface area contributed by atoms with Crippen molar-refractivity contribution in [3.63, 3.8) is 0 Å². The molecule has 0 aliphatic heterocycles. The molecule has 0 aliphatic rings. The van der Waals surface area contributed by atoms with Crippen molar-refractivity contribution >= 4 is 13.7 Å². The summed E-state index contributed by atoms with van der Waals surface area (Å²) in [6, 6.07) is -0.873. The third-order valence-corrected chi connectivity index (χ3v) is 13.7. The van der Waals surface area contributed by atoms with Crippen LogP contribution in [0.3, 0.4) is 0 Å². The summed E-state index contributed by atoms with van der Waals surface area (Å²) >= 11 is 0. The van der Waals surface area contributed by atoms with Gasteiger partial charge >= 0.3 is 7.82 Å². The number of nitrogens with zero attached hydrogens (tertiary/aromatic N) is 1. The number of carbonyl (C=O) groups is 1. The third-order valence-electron chi connectivity index (χ3n) is 12.7. The first-order valence-corrected chi connectivity index (χ1v) is 30.0. The lowest BCUT2D eigenvalue weighted by molar-refractivity contribution is -0.870. The second-order valence-electron chi connectivity index (χ2n) is 20.6. The topological polar surface area (TPSA) is 105 Å². The van der Waals surface area contributed by atoms with Gasteiger partial charge in [-0.1, -0.05) is 236 Å². The summed E-state index contributed by atoms with van der Waals surface area (Å²) in [6.07, 6.45) is 65.0. The number of unbranched alkanes of at least 4 members (excludes halogenated alkanes) is 33. The minimum absolute atomic E-state index is 0.0522. The summed E-state index contributed by atoms with van der Waals surface area (Å²) in [6.45, 7) is 4.81. The van der Waals surface area contributed by atoms with Crippen molar-refractivity contribution in [3.8, 4) is 0 Å². The quantitative estimate of drug-likeness (QED) is 0.0243. The summed E-state index contributed by atoms with van der Waals surface area (Å²) < 4.78 is 23.7. The highest BCUT2D eigenvalue weighted by molar-refractivity contribution is 7.47. The molecule has 0 aromatic rings. The predicted molar refractivity (Wildman–Crippen MR) is 291 cm³/mol. The van der Waals surface area contributed by atoms with Gasteiger partial charge in [-0.15, -0.1) is 0 Å². The lowest BCUT2D eigenvalue weighted by Gasteiger charge is -2.25. The van der Waals surface area contributed by atoms with Crippen molar-refractivity contribution in [3.05, 3.63) is 48.6 Å². The fourth-order valence-corrected chi connectivity index (χ4v) is 8.98. The van der Waals surface area contributed by atoms with Crippen molar-refractivity contribution in [2.24, 2.45) is 0 Å². The van der Waals surface area contributed by atoms with Crippen LogP contribution < -0.4 is 5.32 Å². The number of aliphatic hydroxyl groups excluding tert-OH is 1. The van der Waals surface area contributed by atoms with Crippen LogP contribution in [-0.2, 0) is 18.4 Å². The zero-order valence-electron chi connectivity index (χ0n) is 44.9. The van der Waals surface area contributed by atoms with E-state index in [-0.39, 0.29) is 19.1 Å². The highest BCUT2D eigenvalue weighted by Crippen LogP contribution is 2.43. The van der Waals surface area contributed by atoms with Gasteiger partial charge in [0.2, 0.25) is 5.91 Å². The Morgan fingerprint density at radius 1 is 0.493 bits per heavy atom. The van der Waals surface area contributed by atoms with E-state index in [1.54, 1.807) is 6.08 Å². The van der Waals surface area contributed by atoms with E-state index in [1.807, 2.05) is 27.2 Å². The minimum Gasteiger partial charge on any atom is -0.387 e. The number of phosphoric ester groups is 1. The summed E-state index contributed by atoms with van der Waals surface area (Å²) in [4.78, 5) is 23.3. The SMILES string of the molecule is CCCCCCCCCCCCCC/C=C\CCCCCCCCCC(=O)NC(COP(=O)(O)OCC[N+](C)(C)C)C(O)/C=C/CC/C=C/CC/C=C/CCCCCCCCCCCCCC. The van der Waals surface area contributed by atoms with Gasteiger partial charge in [-0.2, -0.15) is 0 Å². The van der Waals surface area contributed by atoms with E-state index in [0.717, 1.165) is 44.9 Å². The van der Waals surface area contributed by atoms with Crippen LogP contribution in [0.5, 0.6) is 0 Å². The zero-order chi connectivity index (χ0) is 49.2. The van der Waals surface area contributed by atoms with E-state index < -0.39 is 20.0 Å². The molecule has 0 aromatic carbocycles. The zero-order valence-corrected chi connectivity index (χ0v) is 45.8. The Morgan fingerprint density at radius 3 is 1.19 bits per heavy atom. The van der Waals surface area contributed by atoms with Crippen molar-refractivity contribution in [1.82, 2.24) is 5.32 Å². The molecule has 394 valence electrons. The molecule has 0 saturated heterocycles. The molecule has 0 fully saturated rings. The van der Waals surface area contributed by atoms with E-state index in [1.165, 1.54) is 199 Å². The summed E-state index contributed by atoms with van der Waals surface area (Å²) in [5, 5.41) is 13.9. The van der Waals surface area contributed by atoms with Crippen LogP contribution in [0.25, 0.3) is 0 Å². The molecule has 0 aromatic heterocycles. The summed E-state index contributed by atoms with van der Waals surface area (Å²) in [5.41, 5.74) is 0. The van der Waals surface area contributed by atoms with Gasteiger partial charge in [0.1, 0.15) is 13.2 Å². The van der Waals surface area contributed by atoms with Crippen LogP contribution in [0.15, 0.2) is 48.6 Å². The van der Waals surface area contributed by atoms with Gasteiger partial charge in [0.15, 0.2) is 0 Å². The monoisotopic (exact) mass is 964 g/mol. The van der Waals surface area contributed by atoms with Crippen molar-refractivity contribution < 1.29 is 32.9 Å². The van der Waals surface area contributed by atoms with Crippen LogP contribution in [0.4, 0.5) is 0 Å². The molecule has 0 aliphatic carbocycles. The third kappa shape index (κ3) is 52.1. The molecular formula is C58H112N2O6P+. The molecule has 3 unspecified atom stereocenters. The number of phosphoric acid groups is 1. The van der Waals surface area contributed by atoms with Crippen molar-refractivity contribution in [1.29, 1.82) is 0 Å². The average molecular weight is 965 g/mol. The molecular weight excluding hydrogens is 852 g/mol. The standard InChI is InChI=1S/C58H111N2O6P/c1-6-8-10-12-14-16-18-20-22-24-26-28-30-32-34-36-38-40-42-44-46-48-50-52-58(62)59-56(55-66-67(63,64)65-54-53-60(3,4)5)57(61)51-49-47-45-43-41-39-37-35-33-31-29-27-25-23-21-19-17-15-13-11-9-7-2/h32-35,41,43,49,51,56-57,61H,6-31,36-40,42,44-48,50,52-55H2,1-5H3,(H-,59,62,63,64)/p+1/b34-32-,35-33+,43-41+,51-49+. The number of amides is 1. The molecule has 0 bridgehead atoms. The molecule has 0 spiro atoms. The fourth-order valence-electron chi connectivity index (χ4n) is 8.25. The van der Waals surface area contributed by atoms with Crippen LogP contribution >= 0.6 is 7.82 Å². The highest BCUT2D eigenvalue weighted by atomic mass is 31.2. The smallest absolute Gasteiger partial charge is 0.387 e. The normalized spacial score (nSPS) is 14.3. The lowest BCUT2D eigenvalue weighted by atomic mass is 10.0. The second kappa shape index (κ2) is 49.4. The van der Waals surface area contributed by atoms with Gasteiger partial charge in [-0.25, -0.2) is 4.57 Å². The number of hydrogen-bond donors (Lipinski definition) is 3. The van der Waals surface area contributed by atoms with Gasteiger partial charge in [-0.05, 0) is 70.6 Å². The minimum atomic E-state index is -4.36. The Morgan fingerprint density at radius 2 is 0.821 bits per heavy atom. The Hall–Kier alpha value is -1.54. The molecule has 0 saturated carbocycles. The summed E-state index contributed by atoms with van der Waals surface area (Å²) in [7, 11) is 1.55. The van der Waals surface area contributed by atoms with Crippen LogP contribution in [0, 0.1) is 0 Å². The molecule has 3 N–H and O–H groups in total. The Labute approximate surface area is 416 Å². The van der Waals surface area contributed by atoms with Crippen LogP contribution in [0.1, 0.15) is 264 Å². The number of quaternary nitrogens is 1. The van der Waals surface area contributed by atoms with Gasteiger partial charge in [-0.3, -0.25) is 13.8 Å². The van der Waals surface area contributed by atoms with Crippen LogP contribution in [0.2, 0.25) is 0 Å². The lowest BCUT2D eigenvalue weighted by Crippen LogP contribution is -2.45. The van der Waals surface area contributed by atoms with E-state index in [0.29, 0.717) is 17.4 Å². The van der Waals surface area contributed by atoms with E-state index in [4.69, 9.17) is 9.05 Å². The van der Waals surface area contributed by atoms with Gasteiger partial charge in [0.05, 0.1) is 39.9 Å². The Balaban J connectivity index is 4.31. The predicted octanol–water partition coefficient (Wildman–Crippen LogP) is 17.2. The molecule has 0 radical (unpaired) electrons. The number of rotatable bonds is 52. The molecule has 0 heterocycles. The number of carbonyl (C=O) groups excluding carboxylic acids is 1. The maximum Gasteiger partial charge on any atom is 0.472 e. The fraction of sp³-hybridized carbons (Fsp3) is 0.845. The van der Waals surface area contributed by atoms with E-state index in [9.17, 15) is 19.4 Å². The van der Waals surface area contributed by atoms with Gasteiger partial charge in [0.25, 0.3) is 0 Å². The molecule has 3 atom stereocenters. The van der Waals surface area contributed by atoms with Crippen molar-refractivity contribution in [2.45, 2.75) is 276 Å². The van der Waals surface area contributed by atoms with Crippen LogP contribution in [-0.4, -0.2) is 73.4 Å². The number of hydrogen-bond acceptors (Lipinski definition) is 5. The first-order valence-electron chi connectivity index (χ1n) is 28.5. The Bertz CT molecular complexity index is 1230. The van der Waals surface area contributed by atoms with E-state index >= 15 is 0 Å².